The molecule has 6 rings (SSSR count). The van der Waals surface area contributed by atoms with E-state index in [2.05, 4.69) is 37.2 Å². The number of imidazole rings is 1. The van der Waals surface area contributed by atoms with Gasteiger partial charge in [-0.3, -0.25) is 9.36 Å². The maximum Gasteiger partial charge on any atom is 0.582 e. The van der Waals surface area contributed by atoms with E-state index in [4.69, 9.17) is 40.6 Å². The first-order valence-electron chi connectivity index (χ1n) is 12.5. The van der Waals surface area contributed by atoms with Gasteiger partial charge < -0.3 is 43.8 Å². The van der Waals surface area contributed by atoms with Crippen LogP contribution in [0.25, 0.3) is 22.2 Å². The molecule has 2 aliphatic heterocycles. The van der Waals surface area contributed by atoms with Gasteiger partial charge in [-0.1, -0.05) is 0 Å². The number of aromatic nitrogens is 7. The van der Waals surface area contributed by atoms with Crippen LogP contribution >= 0.6 is 26.2 Å². The van der Waals surface area contributed by atoms with E-state index in [1.54, 1.807) is 16.8 Å². The molecular formula is C21H25N8O9P2S2+. The molecule has 0 amide bonds. The van der Waals surface area contributed by atoms with Gasteiger partial charge in [0.15, 0.2) is 17.4 Å². The van der Waals surface area contributed by atoms with Crippen LogP contribution in [0.5, 0.6) is 0 Å². The normalized spacial score (nSPS) is 28.0. The molecule has 0 spiro atoms. The Bertz CT molecular complexity index is 1740. The van der Waals surface area contributed by atoms with Gasteiger partial charge in [0.1, 0.15) is 54.6 Å². The van der Waals surface area contributed by atoms with Crippen LogP contribution in [-0.4, -0.2) is 81.7 Å². The number of nitrogens with zero attached hydrogens (tertiary/aromatic N) is 6. The Morgan fingerprint density at radius 3 is 2.83 bits per heavy atom. The summed E-state index contributed by atoms with van der Waals surface area (Å²) in [6, 6.07) is 1.75. The molecule has 2 fully saturated rings. The first-order chi connectivity index (χ1) is 20.1. The number of hydrogen-bond donors (Lipinski definition) is 5. The largest absolute Gasteiger partial charge is 0.582 e. The maximum atomic E-state index is 12.1. The number of anilines is 1. The molecule has 2 saturated heterocycles. The van der Waals surface area contributed by atoms with Gasteiger partial charge in [0.2, 0.25) is 0 Å². The standard InChI is InChI=1S/C21H24N8O9P2S2/c22-17-11-1-2-28(18(11)24-7-23-17)15-4-12(37-39(32)41)14(36-15)6-34-40(33,42)38-13-3-10(5-30)35-21(13)29-9-27-16-19(29)25-8-26-20(16)31/h1-2,7-10,12-15,21,30H,3-6H2,(H4-,22,23,24,25,26,31,32,33,41,42)/p+1/t10-,12-,13+,14+,15+,21+,40?/m0/s1. The first-order valence-corrected chi connectivity index (χ1v) is 17.4. The number of nitrogens with one attached hydrogen (secondary N) is 1. The fourth-order valence-electron chi connectivity index (χ4n) is 5.06. The second-order valence-corrected chi connectivity index (χ2v) is 14.0. The van der Waals surface area contributed by atoms with Crippen molar-refractivity contribution in [3.63, 3.8) is 0 Å². The van der Waals surface area contributed by atoms with Gasteiger partial charge in [0.25, 0.3) is 5.56 Å². The number of aromatic amines is 1. The summed E-state index contributed by atoms with van der Waals surface area (Å²) in [5, 5.41) is 10.4. The highest BCUT2D eigenvalue weighted by Crippen LogP contribution is 2.50. The lowest BCUT2D eigenvalue weighted by molar-refractivity contribution is -0.0526. The monoisotopic (exact) mass is 659 g/mol. The zero-order valence-corrected chi connectivity index (χ0v) is 24.9. The number of nitrogens with two attached hydrogens (primary N) is 1. The number of fused-ring (bicyclic) bond motifs is 2. The van der Waals surface area contributed by atoms with Crippen LogP contribution in [0.4, 0.5) is 5.82 Å². The van der Waals surface area contributed by atoms with Crippen LogP contribution < -0.4 is 11.3 Å². The Balaban J connectivity index is 1.17. The molecule has 0 aromatic carbocycles. The van der Waals surface area contributed by atoms with E-state index in [0.29, 0.717) is 16.9 Å². The quantitative estimate of drug-likeness (QED) is 0.120. The lowest BCUT2D eigenvalue weighted by Crippen LogP contribution is -2.28. The summed E-state index contributed by atoms with van der Waals surface area (Å²) in [6.45, 7) is -4.54. The molecule has 8 atom stereocenters. The highest BCUT2D eigenvalue weighted by molar-refractivity contribution is 8.39. The topological polar surface area (TPSA) is 224 Å². The van der Waals surface area contributed by atoms with Gasteiger partial charge in [0.05, 0.1) is 37.4 Å². The molecule has 2 unspecified atom stereocenters. The molecule has 0 saturated carbocycles. The molecule has 0 radical (unpaired) electrons. The Kier molecular flexibility index (Phi) is 8.43. The van der Waals surface area contributed by atoms with Crippen molar-refractivity contribution >= 4 is 66.0 Å². The fraction of sp³-hybridized carbons (Fsp3) is 0.476. The molecule has 0 aliphatic carbocycles. The third-order valence-corrected chi connectivity index (χ3v) is 9.24. The van der Waals surface area contributed by atoms with Crippen molar-refractivity contribution in [3.8, 4) is 0 Å². The molecule has 21 heteroatoms. The van der Waals surface area contributed by atoms with Crippen molar-refractivity contribution < 1.29 is 37.6 Å². The zero-order valence-electron chi connectivity index (χ0n) is 21.4. The SMILES string of the molecule is Nc1ncnc2c1ccn2[C@H]1C[C@H](O[P+](=O)S)[C@@H](COP(O)(=S)O[C@@H]2C[C@@H](CO)O[C@H]2n2cnc3c(=O)[nH]cnc32)O1. The molecule has 5 N–H and O–H groups in total. The van der Waals surface area contributed by atoms with E-state index in [9.17, 15) is 19.4 Å². The zero-order chi connectivity index (χ0) is 29.6. The Labute approximate surface area is 247 Å². The minimum absolute atomic E-state index is 0.0816. The number of ether oxygens (including phenoxy) is 2. The van der Waals surface area contributed by atoms with Crippen LogP contribution in [0.3, 0.4) is 0 Å². The van der Waals surface area contributed by atoms with Gasteiger partial charge in [-0.25, -0.2) is 19.9 Å². The smallest absolute Gasteiger partial charge is 0.394 e. The van der Waals surface area contributed by atoms with Gasteiger partial charge in [-0.2, -0.15) is 0 Å². The summed E-state index contributed by atoms with van der Waals surface area (Å²) in [5.74, 6) is 0.310. The number of rotatable bonds is 10. The number of aliphatic hydroxyl groups is 1. The molecular weight excluding hydrogens is 634 g/mol. The molecule has 4 aromatic rings. The average molecular weight is 660 g/mol. The fourth-order valence-corrected chi connectivity index (χ4v) is 7.32. The van der Waals surface area contributed by atoms with Gasteiger partial charge in [-0.15, -0.1) is 4.52 Å². The Morgan fingerprint density at radius 1 is 1.21 bits per heavy atom. The van der Waals surface area contributed by atoms with Crippen molar-refractivity contribution in [2.45, 2.75) is 49.7 Å². The highest BCUT2D eigenvalue weighted by atomic mass is 32.7. The Morgan fingerprint density at radius 2 is 2.05 bits per heavy atom. The predicted octanol–water partition coefficient (Wildman–Crippen LogP) is 1.30. The second-order valence-electron chi connectivity index (χ2n) is 9.50. The molecule has 42 heavy (non-hydrogen) atoms. The molecule has 17 nitrogen and oxygen atoms in total. The van der Waals surface area contributed by atoms with Crippen molar-refractivity contribution in [1.29, 1.82) is 0 Å². The number of nitrogen functional groups attached to an aromatic ring is 1. The molecule has 4 aromatic heterocycles. The van der Waals surface area contributed by atoms with E-state index in [1.807, 2.05) is 0 Å². The van der Waals surface area contributed by atoms with Crippen LogP contribution in [0.15, 0.2) is 36.0 Å². The van der Waals surface area contributed by atoms with E-state index in [0.717, 1.165) is 0 Å². The lowest BCUT2D eigenvalue weighted by atomic mass is 10.2. The molecule has 224 valence electrons. The van der Waals surface area contributed by atoms with E-state index >= 15 is 0 Å². The van der Waals surface area contributed by atoms with E-state index in [1.165, 1.54) is 23.5 Å². The Hall–Kier alpha value is -2.41. The minimum atomic E-state index is -3.95. The van der Waals surface area contributed by atoms with Crippen molar-refractivity contribution in [2.24, 2.45) is 0 Å². The summed E-state index contributed by atoms with van der Waals surface area (Å²) < 4.78 is 44.1. The third-order valence-electron chi connectivity index (χ3n) is 6.92. The van der Waals surface area contributed by atoms with Crippen LogP contribution in [0.2, 0.25) is 0 Å². The number of thiol groups is 1. The molecule has 2 aliphatic rings. The van der Waals surface area contributed by atoms with Crippen molar-refractivity contribution in [1.82, 2.24) is 34.1 Å². The lowest BCUT2D eigenvalue weighted by Gasteiger charge is -2.25. The first kappa shape index (κ1) is 29.7. The average Bonchev–Trinajstić information content (AvgIpc) is 3.72. The number of aliphatic hydroxyl groups excluding tert-OH is 1. The summed E-state index contributed by atoms with van der Waals surface area (Å²) in [5.41, 5.74) is 6.34. The second kappa shape index (κ2) is 11.9. The summed E-state index contributed by atoms with van der Waals surface area (Å²) in [6.07, 6.45) is 1.47. The minimum Gasteiger partial charge on any atom is -0.394 e. The summed E-state index contributed by atoms with van der Waals surface area (Å²) >= 11 is 9.18. The van der Waals surface area contributed by atoms with Crippen LogP contribution in [0.1, 0.15) is 25.3 Å². The van der Waals surface area contributed by atoms with Gasteiger partial charge in [0, 0.05) is 19.0 Å². The van der Waals surface area contributed by atoms with Crippen molar-refractivity contribution in [3.05, 3.63) is 41.6 Å². The number of H-pyrrole nitrogens is 1. The van der Waals surface area contributed by atoms with E-state index < -0.39 is 56.4 Å². The van der Waals surface area contributed by atoms with E-state index in [-0.39, 0.29) is 37.2 Å². The third kappa shape index (κ3) is 5.87. The molecule has 6 heterocycles. The van der Waals surface area contributed by atoms with Crippen molar-refractivity contribution in [2.75, 3.05) is 18.9 Å². The van der Waals surface area contributed by atoms with Crippen LogP contribution in [0, 0.1) is 0 Å². The predicted molar refractivity (Wildman–Crippen MR) is 153 cm³/mol. The summed E-state index contributed by atoms with van der Waals surface area (Å²) in [7, 11) is -2.29. The summed E-state index contributed by atoms with van der Waals surface area (Å²) in [4.78, 5) is 42.1. The number of hydrogen-bond acceptors (Lipinski definition) is 14. The molecule has 0 bridgehead atoms. The van der Waals surface area contributed by atoms with Gasteiger partial charge in [-0.05, 0) is 22.4 Å². The van der Waals surface area contributed by atoms with Gasteiger partial charge >= 0.3 is 13.9 Å². The highest BCUT2D eigenvalue weighted by Gasteiger charge is 2.45. The van der Waals surface area contributed by atoms with Crippen LogP contribution in [-0.2, 0) is 39.4 Å². The maximum absolute atomic E-state index is 12.1.